The van der Waals surface area contributed by atoms with Crippen LogP contribution in [0.1, 0.15) is 20.9 Å². The first-order valence-corrected chi connectivity index (χ1v) is 7.62. The van der Waals surface area contributed by atoms with Crippen LogP contribution in [0.15, 0.2) is 48.5 Å². The maximum Gasteiger partial charge on any atom is 0.253 e. The van der Waals surface area contributed by atoms with Gasteiger partial charge in [-0.3, -0.25) is 4.79 Å². The summed E-state index contributed by atoms with van der Waals surface area (Å²) in [6.45, 7) is 2.55. The van der Waals surface area contributed by atoms with Crippen molar-refractivity contribution in [1.29, 1.82) is 0 Å². The van der Waals surface area contributed by atoms with Crippen molar-refractivity contribution in [1.82, 2.24) is 9.88 Å². The first-order chi connectivity index (χ1) is 10.1. The third-order valence-electron chi connectivity index (χ3n) is 3.36. The fraction of sp³-hybridized carbons (Fsp3) is 0.176. The molecule has 0 radical (unpaired) electrons. The number of aryl methyl sites for hydroxylation is 1. The van der Waals surface area contributed by atoms with Crippen LogP contribution in [-0.2, 0) is 6.54 Å². The molecule has 0 aliphatic heterocycles. The van der Waals surface area contributed by atoms with Gasteiger partial charge in [0.25, 0.3) is 5.91 Å². The zero-order valence-corrected chi connectivity index (χ0v) is 12.9. The number of carbonyl (C=O) groups excluding carboxylic acids is 1. The van der Waals surface area contributed by atoms with Crippen LogP contribution in [0, 0.1) is 6.92 Å². The number of fused-ring (bicyclic) bond motifs is 1. The molecule has 3 aromatic rings. The van der Waals surface area contributed by atoms with Gasteiger partial charge in [0.1, 0.15) is 5.01 Å². The van der Waals surface area contributed by atoms with Crippen molar-refractivity contribution in [3.05, 3.63) is 64.7 Å². The molecule has 0 N–H and O–H groups in total. The quantitative estimate of drug-likeness (QED) is 0.735. The number of benzene rings is 2. The molecule has 4 heteroatoms. The number of para-hydroxylation sites is 1. The Labute approximate surface area is 127 Å². The third-order valence-corrected chi connectivity index (χ3v) is 4.38. The summed E-state index contributed by atoms with van der Waals surface area (Å²) in [6.07, 6.45) is 0. The Morgan fingerprint density at radius 3 is 2.57 bits per heavy atom. The van der Waals surface area contributed by atoms with Crippen molar-refractivity contribution >= 4 is 27.5 Å². The van der Waals surface area contributed by atoms with Gasteiger partial charge in [0.2, 0.25) is 0 Å². The summed E-state index contributed by atoms with van der Waals surface area (Å²) in [6, 6.07) is 15.7. The fourth-order valence-corrected chi connectivity index (χ4v) is 3.20. The smallest absolute Gasteiger partial charge is 0.253 e. The van der Waals surface area contributed by atoms with Crippen LogP contribution < -0.4 is 0 Å². The summed E-state index contributed by atoms with van der Waals surface area (Å²) in [5.41, 5.74) is 2.86. The lowest BCUT2D eigenvalue weighted by Crippen LogP contribution is -2.26. The molecule has 0 fully saturated rings. The van der Waals surface area contributed by atoms with Crippen LogP contribution in [0.4, 0.5) is 0 Å². The second-order valence-corrected chi connectivity index (χ2v) is 6.22. The van der Waals surface area contributed by atoms with E-state index in [1.807, 2.05) is 56.4 Å². The highest BCUT2D eigenvalue weighted by atomic mass is 32.1. The Morgan fingerprint density at radius 1 is 1.14 bits per heavy atom. The molecule has 3 nitrogen and oxygen atoms in total. The molecular weight excluding hydrogens is 280 g/mol. The topological polar surface area (TPSA) is 33.2 Å². The van der Waals surface area contributed by atoms with E-state index in [1.54, 1.807) is 16.2 Å². The molecule has 2 aromatic carbocycles. The van der Waals surface area contributed by atoms with Crippen molar-refractivity contribution in [3.63, 3.8) is 0 Å². The second kappa shape index (κ2) is 5.66. The predicted octanol–water partition coefficient (Wildman–Crippen LogP) is 3.88. The number of nitrogens with zero attached hydrogens (tertiary/aromatic N) is 2. The van der Waals surface area contributed by atoms with E-state index in [2.05, 4.69) is 11.1 Å². The molecular formula is C17H16N2OS. The number of hydrogen-bond acceptors (Lipinski definition) is 3. The lowest BCUT2D eigenvalue weighted by atomic mass is 10.1. The highest BCUT2D eigenvalue weighted by Gasteiger charge is 2.13. The largest absolute Gasteiger partial charge is 0.335 e. The molecule has 106 valence electrons. The van der Waals surface area contributed by atoms with Crippen molar-refractivity contribution in [2.24, 2.45) is 0 Å². The maximum atomic E-state index is 12.4. The van der Waals surface area contributed by atoms with Crippen molar-refractivity contribution in [2.75, 3.05) is 7.05 Å². The first kappa shape index (κ1) is 13.8. The van der Waals surface area contributed by atoms with Gasteiger partial charge in [-0.2, -0.15) is 0 Å². The van der Waals surface area contributed by atoms with E-state index in [1.165, 1.54) is 0 Å². The van der Waals surface area contributed by atoms with E-state index in [-0.39, 0.29) is 5.91 Å². The lowest BCUT2D eigenvalue weighted by Gasteiger charge is -2.15. The van der Waals surface area contributed by atoms with Gasteiger partial charge in [0.15, 0.2) is 0 Å². The van der Waals surface area contributed by atoms with Crippen LogP contribution in [-0.4, -0.2) is 22.8 Å². The molecule has 21 heavy (non-hydrogen) atoms. The molecule has 0 saturated heterocycles. The predicted molar refractivity (Wildman–Crippen MR) is 86.6 cm³/mol. The van der Waals surface area contributed by atoms with Crippen LogP contribution >= 0.6 is 11.3 Å². The van der Waals surface area contributed by atoms with Crippen molar-refractivity contribution in [2.45, 2.75) is 13.5 Å². The summed E-state index contributed by atoms with van der Waals surface area (Å²) in [7, 11) is 1.81. The number of rotatable bonds is 3. The SMILES string of the molecule is Cc1ccc(C(=O)N(C)Cc2nc3ccccc3s2)cc1. The van der Waals surface area contributed by atoms with Gasteiger partial charge in [0.05, 0.1) is 16.8 Å². The highest BCUT2D eigenvalue weighted by molar-refractivity contribution is 7.18. The number of aromatic nitrogens is 1. The standard InChI is InChI=1S/C17H16N2OS/c1-12-7-9-13(10-8-12)17(20)19(2)11-16-18-14-5-3-4-6-15(14)21-16/h3-10H,11H2,1-2H3. The number of thiazole rings is 1. The summed E-state index contributed by atoms with van der Waals surface area (Å²) < 4.78 is 1.16. The molecule has 0 unspecified atom stereocenters. The average molecular weight is 296 g/mol. The Kier molecular flexibility index (Phi) is 3.71. The van der Waals surface area contributed by atoms with Gasteiger partial charge in [-0.15, -0.1) is 11.3 Å². The third kappa shape index (κ3) is 2.95. The minimum Gasteiger partial charge on any atom is -0.335 e. The zero-order chi connectivity index (χ0) is 14.8. The minimum atomic E-state index is 0.0225. The fourth-order valence-electron chi connectivity index (χ4n) is 2.18. The zero-order valence-electron chi connectivity index (χ0n) is 12.0. The number of hydrogen-bond donors (Lipinski definition) is 0. The van der Waals surface area contributed by atoms with Crippen LogP contribution in [0.3, 0.4) is 0 Å². The van der Waals surface area contributed by atoms with Gasteiger partial charge >= 0.3 is 0 Å². The van der Waals surface area contributed by atoms with E-state index in [4.69, 9.17) is 0 Å². The van der Waals surface area contributed by atoms with Gasteiger partial charge < -0.3 is 4.90 Å². The Bertz CT molecular complexity index is 744. The van der Waals surface area contributed by atoms with Crippen LogP contribution in [0.25, 0.3) is 10.2 Å². The van der Waals surface area contributed by atoms with E-state index < -0.39 is 0 Å². The highest BCUT2D eigenvalue weighted by Crippen LogP contribution is 2.22. The van der Waals surface area contributed by atoms with Crippen molar-refractivity contribution < 1.29 is 4.79 Å². The molecule has 0 atom stereocenters. The Balaban J connectivity index is 1.77. The van der Waals surface area contributed by atoms with Gasteiger partial charge in [-0.05, 0) is 31.2 Å². The summed E-state index contributed by atoms with van der Waals surface area (Å²) in [5, 5.41) is 0.958. The average Bonchev–Trinajstić information content (AvgIpc) is 2.89. The monoisotopic (exact) mass is 296 g/mol. The first-order valence-electron chi connectivity index (χ1n) is 6.80. The number of carbonyl (C=O) groups is 1. The summed E-state index contributed by atoms with van der Waals surface area (Å²) in [4.78, 5) is 18.7. The van der Waals surface area contributed by atoms with E-state index >= 15 is 0 Å². The van der Waals surface area contributed by atoms with Crippen molar-refractivity contribution in [3.8, 4) is 0 Å². The number of amides is 1. The van der Waals surface area contributed by atoms with Crippen LogP contribution in [0.2, 0.25) is 0 Å². The molecule has 0 saturated carbocycles. The molecule has 3 rings (SSSR count). The summed E-state index contributed by atoms with van der Waals surface area (Å²) >= 11 is 1.64. The maximum absolute atomic E-state index is 12.4. The molecule has 1 aromatic heterocycles. The Hall–Kier alpha value is -2.20. The van der Waals surface area contributed by atoms with Crippen LogP contribution in [0.5, 0.6) is 0 Å². The second-order valence-electron chi connectivity index (χ2n) is 5.10. The molecule has 0 spiro atoms. The van der Waals surface area contributed by atoms with Gasteiger partial charge in [-0.25, -0.2) is 4.98 Å². The van der Waals surface area contributed by atoms with E-state index in [0.717, 1.165) is 20.8 Å². The molecule has 1 amide bonds. The lowest BCUT2D eigenvalue weighted by molar-refractivity contribution is 0.0785. The normalized spacial score (nSPS) is 10.8. The minimum absolute atomic E-state index is 0.0225. The molecule has 0 bridgehead atoms. The summed E-state index contributed by atoms with van der Waals surface area (Å²) in [5.74, 6) is 0.0225. The Morgan fingerprint density at radius 2 is 1.86 bits per heavy atom. The van der Waals surface area contributed by atoms with E-state index in [9.17, 15) is 4.79 Å². The van der Waals surface area contributed by atoms with E-state index in [0.29, 0.717) is 12.1 Å². The molecule has 0 aliphatic carbocycles. The molecule has 1 heterocycles. The van der Waals surface area contributed by atoms with Gasteiger partial charge in [0, 0.05) is 12.6 Å². The molecule has 0 aliphatic rings. The van der Waals surface area contributed by atoms with Gasteiger partial charge in [-0.1, -0.05) is 29.8 Å².